The fourth-order valence-electron chi connectivity index (χ4n) is 2.60. The molecule has 1 heterocycles. The van der Waals surface area contributed by atoms with Crippen LogP contribution >= 0.6 is 0 Å². The van der Waals surface area contributed by atoms with E-state index in [1.807, 2.05) is 6.07 Å². The summed E-state index contributed by atoms with van der Waals surface area (Å²) in [7, 11) is -2.77. The molecule has 0 amide bonds. The molecular formula is C18H16F3N3O2S. The van der Waals surface area contributed by atoms with Crippen LogP contribution in [0.4, 0.5) is 13.2 Å². The summed E-state index contributed by atoms with van der Waals surface area (Å²) in [5, 5.41) is 4.03. The zero-order chi connectivity index (χ0) is 19.7. The molecule has 0 saturated carbocycles. The minimum Gasteiger partial charge on any atom is -0.240 e. The van der Waals surface area contributed by atoms with Gasteiger partial charge in [-0.2, -0.15) is 22.6 Å². The second-order valence-corrected chi connectivity index (χ2v) is 7.92. The molecule has 27 heavy (non-hydrogen) atoms. The van der Waals surface area contributed by atoms with Gasteiger partial charge in [-0.05, 0) is 23.8 Å². The summed E-state index contributed by atoms with van der Waals surface area (Å²) >= 11 is 0. The molecule has 2 aromatic carbocycles. The first-order valence-electron chi connectivity index (χ1n) is 7.91. The number of benzene rings is 2. The highest BCUT2D eigenvalue weighted by Crippen LogP contribution is 2.32. The van der Waals surface area contributed by atoms with Crippen molar-refractivity contribution in [3.05, 3.63) is 78.1 Å². The summed E-state index contributed by atoms with van der Waals surface area (Å²) in [6, 6.07) is 13.8. The lowest BCUT2D eigenvalue weighted by Crippen LogP contribution is -2.27. The molecule has 0 saturated heterocycles. The Hall–Kier alpha value is -2.65. The number of aromatic nitrogens is 2. The lowest BCUT2D eigenvalue weighted by Gasteiger charge is -2.19. The number of alkyl halides is 3. The van der Waals surface area contributed by atoms with Gasteiger partial charge in [-0.1, -0.05) is 36.4 Å². The van der Waals surface area contributed by atoms with Gasteiger partial charge in [0, 0.05) is 13.6 Å². The van der Waals surface area contributed by atoms with Gasteiger partial charge in [-0.25, -0.2) is 13.1 Å². The van der Waals surface area contributed by atoms with Crippen molar-refractivity contribution in [3.8, 4) is 5.69 Å². The van der Waals surface area contributed by atoms with Gasteiger partial charge in [0.05, 0.1) is 23.6 Å². The lowest BCUT2D eigenvalue weighted by molar-refractivity contribution is -0.138. The molecule has 0 spiro atoms. The van der Waals surface area contributed by atoms with Crippen molar-refractivity contribution in [1.82, 2.24) is 14.1 Å². The highest BCUT2D eigenvalue weighted by molar-refractivity contribution is 7.89. The maximum Gasteiger partial charge on any atom is 0.416 e. The third-order valence-electron chi connectivity index (χ3n) is 4.00. The van der Waals surface area contributed by atoms with Crippen molar-refractivity contribution in [2.45, 2.75) is 17.6 Å². The summed E-state index contributed by atoms with van der Waals surface area (Å²) in [5.74, 6) is 0. The SMILES string of the molecule is CN(Cc1ccccc1C(F)(F)F)S(=O)(=O)c1cnn(-c2ccccc2)c1. The molecule has 0 fully saturated rings. The maximum atomic E-state index is 13.1. The Labute approximate surface area is 154 Å². The number of sulfonamides is 1. The van der Waals surface area contributed by atoms with Gasteiger partial charge in [0.2, 0.25) is 10.0 Å². The van der Waals surface area contributed by atoms with Gasteiger partial charge in [0.15, 0.2) is 0 Å². The third kappa shape index (κ3) is 4.04. The van der Waals surface area contributed by atoms with Gasteiger partial charge < -0.3 is 0 Å². The van der Waals surface area contributed by atoms with Crippen LogP contribution in [-0.4, -0.2) is 29.6 Å². The van der Waals surface area contributed by atoms with Crippen LogP contribution in [0.25, 0.3) is 5.69 Å². The molecule has 142 valence electrons. The highest BCUT2D eigenvalue weighted by Gasteiger charge is 2.34. The van der Waals surface area contributed by atoms with Gasteiger partial charge >= 0.3 is 6.18 Å². The molecule has 3 rings (SSSR count). The summed E-state index contributed by atoms with van der Waals surface area (Å²) in [6.45, 7) is -0.408. The molecule has 0 aliphatic heterocycles. The number of rotatable bonds is 5. The molecule has 0 atom stereocenters. The molecule has 0 unspecified atom stereocenters. The summed E-state index contributed by atoms with van der Waals surface area (Å²) in [4.78, 5) is -0.0988. The van der Waals surface area contributed by atoms with E-state index in [1.54, 1.807) is 24.3 Å². The molecule has 0 bridgehead atoms. The predicted molar refractivity (Wildman–Crippen MR) is 93.7 cm³/mol. The van der Waals surface area contributed by atoms with Crippen LogP contribution in [0.1, 0.15) is 11.1 Å². The van der Waals surface area contributed by atoms with Gasteiger partial charge in [-0.15, -0.1) is 0 Å². The fraction of sp³-hybridized carbons (Fsp3) is 0.167. The van der Waals surface area contributed by atoms with E-state index in [-0.39, 0.29) is 10.5 Å². The van der Waals surface area contributed by atoms with Crippen molar-refractivity contribution in [3.63, 3.8) is 0 Å². The Morgan fingerprint density at radius 3 is 2.33 bits per heavy atom. The van der Waals surface area contributed by atoms with E-state index in [1.165, 1.54) is 42.3 Å². The van der Waals surface area contributed by atoms with Crippen molar-refractivity contribution in [1.29, 1.82) is 0 Å². The summed E-state index contributed by atoms with van der Waals surface area (Å²) < 4.78 is 67.1. The minimum absolute atomic E-state index is 0.0988. The third-order valence-corrected chi connectivity index (χ3v) is 5.76. The highest BCUT2D eigenvalue weighted by atomic mass is 32.2. The monoisotopic (exact) mass is 395 g/mol. The number of hydrogen-bond acceptors (Lipinski definition) is 3. The van der Waals surface area contributed by atoms with Crippen LogP contribution in [0, 0.1) is 0 Å². The molecule has 0 radical (unpaired) electrons. The summed E-state index contributed by atoms with van der Waals surface area (Å²) in [6.07, 6.45) is -2.05. The average Bonchev–Trinajstić information content (AvgIpc) is 3.13. The van der Waals surface area contributed by atoms with E-state index in [9.17, 15) is 21.6 Å². The number of halogens is 3. The molecule has 5 nitrogen and oxygen atoms in total. The molecule has 0 N–H and O–H groups in total. The van der Waals surface area contributed by atoms with E-state index in [4.69, 9.17) is 0 Å². The zero-order valence-electron chi connectivity index (χ0n) is 14.3. The first kappa shape index (κ1) is 19.1. The quantitative estimate of drug-likeness (QED) is 0.662. The zero-order valence-corrected chi connectivity index (χ0v) is 15.1. The Balaban J connectivity index is 1.87. The van der Waals surface area contributed by atoms with Crippen molar-refractivity contribution in [2.75, 3.05) is 7.05 Å². The van der Waals surface area contributed by atoms with E-state index in [0.29, 0.717) is 5.69 Å². The van der Waals surface area contributed by atoms with E-state index in [0.717, 1.165) is 10.4 Å². The second-order valence-electron chi connectivity index (χ2n) is 5.87. The van der Waals surface area contributed by atoms with Crippen LogP contribution in [0.2, 0.25) is 0 Å². The molecule has 1 aromatic heterocycles. The fourth-order valence-corrected chi connectivity index (χ4v) is 3.68. The van der Waals surface area contributed by atoms with Crippen molar-refractivity contribution >= 4 is 10.0 Å². The van der Waals surface area contributed by atoms with Gasteiger partial charge in [0.25, 0.3) is 0 Å². The topological polar surface area (TPSA) is 55.2 Å². The van der Waals surface area contributed by atoms with E-state index in [2.05, 4.69) is 5.10 Å². The first-order valence-corrected chi connectivity index (χ1v) is 9.35. The van der Waals surface area contributed by atoms with Gasteiger partial charge in [-0.3, -0.25) is 0 Å². The average molecular weight is 395 g/mol. The van der Waals surface area contributed by atoms with E-state index < -0.39 is 28.3 Å². The van der Waals surface area contributed by atoms with Crippen LogP contribution in [-0.2, 0) is 22.7 Å². The largest absolute Gasteiger partial charge is 0.416 e. The molecule has 9 heteroatoms. The predicted octanol–water partition coefficient (Wildman–Crippen LogP) is 3.71. The maximum absolute atomic E-state index is 13.1. The minimum atomic E-state index is -4.56. The summed E-state index contributed by atoms with van der Waals surface area (Å²) in [5.41, 5.74) is -0.303. The standard InChI is InChI=1S/C18H16F3N3O2S/c1-23(12-14-7-5-6-10-17(14)18(19,20)21)27(25,26)16-11-22-24(13-16)15-8-3-2-4-9-15/h2-11,13H,12H2,1H3. The molecule has 0 aliphatic rings. The van der Waals surface area contributed by atoms with Gasteiger partial charge in [0.1, 0.15) is 4.90 Å². The number of nitrogens with zero attached hydrogens (tertiary/aromatic N) is 3. The lowest BCUT2D eigenvalue weighted by atomic mass is 10.1. The van der Waals surface area contributed by atoms with Crippen LogP contribution < -0.4 is 0 Å². The smallest absolute Gasteiger partial charge is 0.240 e. The Morgan fingerprint density at radius 2 is 1.67 bits per heavy atom. The molecule has 0 aliphatic carbocycles. The first-order chi connectivity index (χ1) is 12.7. The Kier molecular flexibility index (Phi) is 5.07. The number of hydrogen-bond donors (Lipinski definition) is 0. The van der Waals surface area contributed by atoms with Crippen molar-refractivity contribution < 1.29 is 21.6 Å². The second kappa shape index (κ2) is 7.16. The molecule has 3 aromatic rings. The van der Waals surface area contributed by atoms with E-state index >= 15 is 0 Å². The van der Waals surface area contributed by atoms with Crippen LogP contribution in [0.3, 0.4) is 0 Å². The van der Waals surface area contributed by atoms with Crippen LogP contribution in [0.5, 0.6) is 0 Å². The Bertz CT molecular complexity index is 1030. The normalized spacial score (nSPS) is 12.5. The van der Waals surface area contributed by atoms with Crippen molar-refractivity contribution in [2.24, 2.45) is 0 Å². The molecular weight excluding hydrogens is 379 g/mol. The Morgan fingerprint density at radius 1 is 1.04 bits per heavy atom. The van der Waals surface area contributed by atoms with Crippen LogP contribution in [0.15, 0.2) is 71.9 Å². The number of para-hydroxylation sites is 1.